The number of halogens is 3. The first kappa shape index (κ1) is 19.7. The summed E-state index contributed by atoms with van der Waals surface area (Å²) in [5, 5.41) is 0. The first-order valence-corrected chi connectivity index (χ1v) is 11.0. The van der Waals surface area contributed by atoms with E-state index >= 15 is 0 Å². The standard InChI is InChI=1S/C17H22Cl3NO3S/c18-17(19,20)13-24-25(22,23)21-12-15(14-7-3-1-4-8-14)11-16(21)9-5-2-6-10-16/h1,3-4,7-8,15H,2,5-6,9-13H2/t15-/m0/s1. The second-order valence-corrected chi connectivity index (χ2v) is 11.0. The molecule has 3 rings (SSSR count). The van der Waals surface area contributed by atoms with E-state index in [1.807, 2.05) is 18.2 Å². The van der Waals surface area contributed by atoms with Crippen LogP contribution in [0.25, 0.3) is 0 Å². The number of rotatable bonds is 4. The highest BCUT2D eigenvalue weighted by atomic mass is 35.6. The first-order chi connectivity index (χ1) is 11.7. The number of benzene rings is 1. The van der Waals surface area contributed by atoms with Crippen LogP contribution in [0.1, 0.15) is 50.0 Å². The maximum atomic E-state index is 12.9. The lowest BCUT2D eigenvalue weighted by Gasteiger charge is -2.40. The highest BCUT2D eigenvalue weighted by molar-refractivity contribution is 7.84. The van der Waals surface area contributed by atoms with Crippen molar-refractivity contribution in [2.45, 2.75) is 53.8 Å². The van der Waals surface area contributed by atoms with Gasteiger partial charge in [-0.3, -0.25) is 4.18 Å². The summed E-state index contributed by atoms with van der Waals surface area (Å²) in [6, 6.07) is 10.0. The monoisotopic (exact) mass is 425 g/mol. The Labute approximate surface area is 164 Å². The van der Waals surface area contributed by atoms with Gasteiger partial charge in [0.2, 0.25) is 3.79 Å². The van der Waals surface area contributed by atoms with Crippen LogP contribution < -0.4 is 0 Å². The van der Waals surface area contributed by atoms with Gasteiger partial charge in [-0.1, -0.05) is 84.4 Å². The van der Waals surface area contributed by atoms with Crippen molar-refractivity contribution < 1.29 is 12.6 Å². The minimum atomic E-state index is -3.96. The fourth-order valence-electron chi connectivity index (χ4n) is 4.16. The average Bonchev–Trinajstić information content (AvgIpc) is 2.94. The Morgan fingerprint density at radius 2 is 1.76 bits per heavy atom. The normalized spacial score (nSPS) is 24.7. The van der Waals surface area contributed by atoms with E-state index in [0.717, 1.165) is 44.1 Å². The zero-order valence-electron chi connectivity index (χ0n) is 13.8. The number of hydrogen-bond acceptors (Lipinski definition) is 3. The van der Waals surface area contributed by atoms with Crippen molar-refractivity contribution in [1.29, 1.82) is 0 Å². The molecule has 1 aromatic rings. The van der Waals surface area contributed by atoms with Crippen molar-refractivity contribution in [2.75, 3.05) is 13.2 Å². The molecule has 1 saturated carbocycles. The zero-order chi connectivity index (χ0) is 18.1. The van der Waals surface area contributed by atoms with E-state index in [0.29, 0.717) is 6.54 Å². The summed E-state index contributed by atoms with van der Waals surface area (Å²) in [6.07, 6.45) is 5.71. The predicted octanol–water partition coefficient (Wildman–Crippen LogP) is 4.81. The highest BCUT2D eigenvalue weighted by Gasteiger charge is 2.52. The van der Waals surface area contributed by atoms with Crippen LogP contribution in [0.15, 0.2) is 30.3 Å². The molecule has 0 radical (unpaired) electrons. The fourth-order valence-corrected chi connectivity index (χ4v) is 6.07. The summed E-state index contributed by atoms with van der Waals surface area (Å²) < 4.78 is 30.6. The molecule has 2 fully saturated rings. The molecular formula is C17H22Cl3NO3S. The Morgan fingerprint density at radius 3 is 2.36 bits per heavy atom. The summed E-state index contributed by atoms with van der Waals surface area (Å²) in [4.78, 5) is 0. The summed E-state index contributed by atoms with van der Waals surface area (Å²) in [5.41, 5.74) is 0.775. The van der Waals surface area contributed by atoms with Gasteiger partial charge in [0.15, 0.2) is 0 Å². The van der Waals surface area contributed by atoms with Gasteiger partial charge < -0.3 is 0 Å². The van der Waals surface area contributed by atoms with Crippen LogP contribution in [0, 0.1) is 0 Å². The molecule has 25 heavy (non-hydrogen) atoms. The molecule has 8 heteroatoms. The molecule has 1 aromatic carbocycles. The summed E-state index contributed by atoms with van der Waals surface area (Å²) in [6.45, 7) is -0.0746. The molecule has 1 spiro atoms. The first-order valence-electron chi connectivity index (χ1n) is 8.51. The summed E-state index contributed by atoms with van der Waals surface area (Å²) in [5.74, 6) is 0.158. The molecule has 1 aliphatic heterocycles. The van der Waals surface area contributed by atoms with E-state index in [-0.39, 0.29) is 11.5 Å². The molecule has 0 bridgehead atoms. The average molecular weight is 427 g/mol. The molecule has 4 nitrogen and oxygen atoms in total. The van der Waals surface area contributed by atoms with Gasteiger partial charge in [0, 0.05) is 12.1 Å². The van der Waals surface area contributed by atoms with Crippen molar-refractivity contribution in [3.63, 3.8) is 0 Å². The second kappa shape index (κ2) is 7.53. The molecule has 0 amide bonds. The molecule has 1 saturated heterocycles. The van der Waals surface area contributed by atoms with Crippen molar-refractivity contribution in [3.05, 3.63) is 35.9 Å². The highest BCUT2D eigenvalue weighted by Crippen LogP contribution is 2.48. The lowest BCUT2D eigenvalue weighted by atomic mass is 9.78. The van der Waals surface area contributed by atoms with Crippen LogP contribution in [0.4, 0.5) is 0 Å². The van der Waals surface area contributed by atoms with Crippen LogP contribution in [0.3, 0.4) is 0 Å². The smallest absolute Gasteiger partial charge is 0.253 e. The third kappa shape index (κ3) is 4.63. The molecule has 0 aromatic heterocycles. The zero-order valence-corrected chi connectivity index (χ0v) is 16.9. The minimum Gasteiger partial charge on any atom is -0.253 e. The van der Waals surface area contributed by atoms with Crippen LogP contribution in [-0.4, -0.2) is 35.2 Å². The van der Waals surface area contributed by atoms with E-state index < -0.39 is 20.7 Å². The quantitative estimate of drug-likeness (QED) is 0.649. The van der Waals surface area contributed by atoms with Gasteiger partial charge in [0.05, 0.1) is 0 Å². The molecule has 140 valence electrons. The number of nitrogens with zero attached hydrogens (tertiary/aromatic N) is 1. The fraction of sp³-hybridized carbons (Fsp3) is 0.647. The van der Waals surface area contributed by atoms with Crippen LogP contribution in [0.5, 0.6) is 0 Å². The van der Waals surface area contributed by atoms with Gasteiger partial charge in [-0.05, 0) is 30.7 Å². The van der Waals surface area contributed by atoms with Gasteiger partial charge in [0.25, 0.3) is 0 Å². The summed E-state index contributed by atoms with van der Waals surface area (Å²) >= 11 is 17.0. The number of alkyl halides is 3. The van der Waals surface area contributed by atoms with Gasteiger partial charge in [-0.25, -0.2) is 0 Å². The third-order valence-electron chi connectivity index (χ3n) is 5.24. The van der Waals surface area contributed by atoms with E-state index in [1.54, 1.807) is 0 Å². The Bertz CT molecular complexity index is 685. The Hall–Kier alpha value is -0.0400. The largest absolute Gasteiger partial charge is 0.339 e. The van der Waals surface area contributed by atoms with E-state index in [1.165, 1.54) is 4.31 Å². The van der Waals surface area contributed by atoms with Crippen LogP contribution >= 0.6 is 34.8 Å². The van der Waals surface area contributed by atoms with E-state index in [2.05, 4.69) is 12.1 Å². The second-order valence-electron chi connectivity index (χ2n) is 6.96. The van der Waals surface area contributed by atoms with Gasteiger partial charge in [-0.15, -0.1) is 0 Å². The molecule has 0 N–H and O–H groups in total. The van der Waals surface area contributed by atoms with E-state index in [9.17, 15) is 8.42 Å². The molecule has 1 atom stereocenters. The molecule has 1 aliphatic carbocycles. The third-order valence-corrected chi connectivity index (χ3v) is 7.06. The Kier molecular flexibility index (Phi) is 5.94. The Balaban J connectivity index is 1.86. The van der Waals surface area contributed by atoms with Gasteiger partial charge in [-0.2, -0.15) is 12.7 Å². The SMILES string of the molecule is O=S(=O)(OCC(Cl)(Cl)Cl)N1C[C@@H](c2ccccc2)CC12CCCCC2. The topological polar surface area (TPSA) is 46.6 Å². The maximum Gasteiger partial charge on any atom is 0.339 e. The molecule has 0 unspecified atom stereocenters. The van der Waals surface area contributed by atoms with Crippen molar-refractivity contribution in [1.82, 2.24) is 4.31 Å². The predicted molar refractivity (Wildman–Crippen MR) is 101 cm³/mol. The minimum absolute atomic E-state index is 0.158. The molecular weight excluding hydrogens is 405 g/mol. The lowest BCUT2D eigenvalue weighted by Crippen LogP contribution is -2.49. The van der Waals surface area contributed by atoms with Gasteiger partial charge in [0.1, 0.15) is 6.61 Å². The van der Waals surface area contributed by atoms with Crippen LogP contribution in [-0.2, 0) is 14.5 Å². The van der Waals surface area contributed by atoms with Crippen molar-refractivity contribution in [3.8, 4) is 0 Å². The maximum absolute atomic E-state index is 12.9. The van der Waals surface area contributed by atoms with Crippen molar-refractivity contribution >= 4 is 45.1 Å². The molecule has 2 aliphatic rings. The summed E-state index contributed by atoms with van der Waals surface area (Å²) in [7, 11) is -3.96. The molecule has 1 heterocycles. The lowest BCUT2D eigenvalue weighted by molar-refractivity contribution is 0.148. The van der Waals surface area contributed by atoms with Gasteiger partial charge >= 0.3 is 10.3 Å². The van der Waals surface area contributed by atoms with Crippen LogP contribution in [0.2, 0.25) is 0 Å². The van der Waals surface area contributed by atoms with E-state index in [4.69, 9.17) is 39.0 Å². The van der Waals surface area contributed by atoms with Crippen molar-refractivity contribution in [2.24, 2.45) is 0 Å². The Morgan fingerprint density at radius 1 is 1.12 bits per heavy atom. The number of hydrogen-bond donors (Lipinski definition) is 0.